The summed E-state index contributed by atoms with van der Waals surface area (Å²) in [6.07, 6.45) is 1.29. The zero-order valence-electron chi connectivity index (χ0n) is 20.7. The van der Waals surface area contributed by atoms with Crippen molar-refractivity contribution in [1.82, 2.24) is 9.97 Å². The Kier molecular flexibility index (Phi) is 6.56. The fourth-order valence-corrected chi connectivity index (χ4v) is 5.57. The number of furan rings is 1. The summed E-state index contributed by atoms with van der Waals surface area (Å²) in [4.78, 5) is 8.39. The summed E-state index contributed by atoms with van der Waals surface area (Å²) in [5.41, 5.74) is 9.72. The van der Waals surface area contributed by atoms with Crippen molar-refractivity contribution in [2.75, 3.05) is 0 Å². The maximum Gasteiger partial charge on any atom is 0.312 e. The van der Waals surface area contributed by atoms with E-state index in [9.17, 15) is 8.42 Å². The molecule has 0 aliphatic heterocycles. The van der Waals surface area contributed by atoms with E-state index in [1.807, 2.05) is 24.3 Å². The van der Waals surface area contributed by atoms with Crippen LogP contribution in [-0.2, 0) is 30.2 Å². The zero-order chi connectivity index (χ0) is 26.6. The summed E-state index contributed by atoms with van der Waals surface area (Å²) in [6.45, 7) is 0. The molecule has 8 heteroatoms. The first-order chi connectivity index (χ1) is 19.0. The van der Waals surface area contributed by atoms with E-state index in [1.54, 1.807) is 6.07 Å². The molecule has 1 aliphatic rings. The summed E-state index contributed by atoms with van der Waals surface area (Å²) in [5.74, 6) is 0. The Morgan fingerprint density at radius 2 is 1.45 bits per heavy atom. The molecule has 0 bridgehead atoms. The number of benzene rings is 4. The van der Waals surface area contributed by atoms with Gasteiger partial charge in [0.15, 0.2) is 5.03 Å². The molecule has 1 radical (unpaired) electrons. The first-order valence-electron chi connectivity index (χ1n) is 12.2. The van der Waals surface area contributed by atoms with E-state index in [4.69, 9.17) is 14.0 Å². The molecule has 1 N–H and O–H groups in total. The third-order valence-electron chi connectivity index (χ3n) is 6.83. The van der Waals surface area contributed by atoms with Gasteiger partial charge in [-0.1, -0.05) is 78.2 Å². The van der Waals surface area contributed by atoms with Gasteiger partial charge in [0.2, 0.25) is 0 Å². The number of rotatable bonds is 2. The van der Waals surface area contributed by atoms with Gasteiger partial charge in [0.1, 0.15) is 5.58 Å². The number of para-hydroxylation sites is 1. The molecule has 0 spiro atoms. The van der Waals surface area contributed by atoms with Crippen LogP contribution < -0.4 is 0 Å². The number of hydrogen-bond acceptors (Lipinski definition) is 5. The third-order valence-corrected chi connectivity index (χ3v) is 7.60. The van der Waals surface area contributed by atoms with Crippen molar-refractivity contribution in [3.8, 4) is 33.5 Å². The number of pyridine rings is 2. The largest absolute Gasteiger partial charge is 0.476 e. The second-order valence-corrected chi connectivity index (χ2v) is 10.5. The zero-order valence-corrected chi connectivity index (χ0v) is 23.9. The molecule has 0 unspecified atom stereocenters. The molecule has 3 aromatic heterocycles. The number of aromatic nitrogens is 2. The molecule has 40 heavy (non-hydrogen) atoms. The van der Waals surface area contributed by atoms with E-state index >= 15 is 0 Å². The van der Waals surface area contributed by atoms with Crippen molar-refractivity contribution < 1.29 is 37.5 Å². The maximum atomic E-state index is 10.3. The molecule has 0 fully saturated rings. The van der Waals surface area contributed by atoms with Gasteiger partial charge in [0, 0.05) is 31.7 Å². The first kappa shape index (κ1) is 26.0. The summed E-state index contributed by atoms with van der Waals surface area (Å²) < 4.78 is 35.1. The SMILES string of the molecule is O=S(=O)(O)c1ccccn1.[Ir].[c-]1cc2c(cc1-c1cc3c4c(cccc4n1)-c1ccccc1-3)oc1ccccc12. The molecular formula is C32H19IrN2O4S-. The van der Waals surface area contributed by atoms with Gasteiger partial charge >= 0.3 is 10.1 Å². The molecule has 6 nitrogen and oxygen atoms in total. The first-order valence-corrected chi connectivity index (χ1v) is 13.7. The molecular weight excluding hydrogens is 701 g/mol. The fourth-order valence-electron chi connectivity index (χ4n) is 5.13. The van der Waals surface area contributed by atoms with Crippen molar-refractivity contribution in [2.24, 2.45) is 0 Å². The maximum absolute atomic E-state index is 10.3. The average molecular weight is 720 g/mol. The van der Waals surface area contributed by atoms with Crippen molar-refractivity contribution >= 4 is 43.0 Å². The minimum Gasteiger partial charge on any atom is -0.476 e. The topological polar surface area (TPSA) is 93.3 Å². The van der Waals surface area contributed by atoms with Crippen LogP contribution in [0, 0.1) is 6.07 Å². The van der Waals surface area contributed by atoms with Crippen molar-refractivity contribution in [3.05, 3.63) is 115 Å². The molecule has 7 aromatic rings. The summed E-state index contributed by atoms with van der Waals surface area (Å²) >= 11 is 0. The summed E-state index contributed by atoms with van der Waals surface area (Å²) in [6, 6.07) is 37.0. The van der Waals surface area contributed by atoms with E-state index in [-0.39, 0.29) is 25.1 Å². The Balaban J connectivity index is 0.000000226. The van der Waals surface area contributed by atoms with Gasteiger partial charge in [-0.3, -0.25) is 9.54 Å². The second-order valence-electron chi connectivity index (χ2n) is 9.17. The Morgan fingerprint density at radius 3 is 2.20 bits per heavy atom. The van der Waals surface area contributed by atoms with Crippen LogP contribution in [0.1, 0.15) is 0 Å². The van der Waals surface area contributed by atoms with Gasteiger partial charge < -0.3 is 4.42 Å². The molecule has 8 rings (SSSR count). The normalized spacial score (nSPS) is 11.6. The van der Waals surface area contributed by atoms with E-state index in [1.165, 1.54) is 46.0 Å². The number of fused-ring (bicyclic) bond motifs is 6. The van der Waals surface area contributed by atoms with Gasteiger partial charge in [-0.05, 0) is 57.6 Å². The van der Waals surface area contributed by atoms with E-state index in [2.05, 4.69) is 71.7 Å². The monoisotopic (exact) mass is 720 g/mol. The Labute approximate surface area is 243 Å². The molecule has 3 heterocycles. The molecule has 1 aliphatic carbocycles. The van der Waals surface area contributed by atoms with Gasteiger partial charge in [-0.2, -0.15) is 8.42 Å². The van der Waals surface area contributed by atoms with Crippen LogP contribution in [0.2, 0.25) is 0 Å². The fraction of sp³-hybridized carbons (Fsp3) is 0. The quantitative estimate of drug-likeness (QED) is 0.146. The predicted octanol–water partition coefficient (Wildman–Crippen LogP) is 7.57. The summed E-state index contributed by atoms with van der Waals surface area (Å²) in [5, 5.41) is 3.12. The van der Waals surface area contributed by atoms with Crippen LogP contribution in [0.25, 0.3) is 66.4 Å². The van der Waals surface area contributed by atoms with Gasteiger partial charge in [-0.15, -0.1) is 17.7 Å². The molecule has 0 saturated carbocycles. The van der Waals surface area contributed by atoms with Gasteiger partial charge in [0.05, 0.1) is 11.1 Å². The second kappa shape index (κ2) is 10.1. The van der Waals surface area contributed by atoms with Crippen molar-refractivity contribution in [1.29, 1.82) is 0 Å². The smallest absolute Gasteiger partial charge is 0.312 e. The Bertz CT molecular complexity index is 2160. The van der Waals surface area contributed by atoms with Crippen LogP contribution in [-0.4, -0.2) is 22.9 Å². The van der Waals surface area contributed by atoms with E-state index in [0.29, 0.717) is 0 Å². The molecule has 0 amide bonds. The van der Waals surface area contributed by atoms with Crippen LogP contribution >= 0.6 is 0 Å². The summed E-state index contributed by atoms with van der Waals surface area (Å²) in [7, 11) is -4.11. The van der Waals surface area contributed by atoms with E-state index in [0.717, 1.165) is 38.7 Å². The van der Waals surface area contributed by atoms with Crippen molar-refractivity contribution in [3.63, 3.8) is 0 Å². The van der Waals surface area contributed by atoms with Gasteiger partial charge in [-0.25, -0.2) is 4.98 Å². The van der Waals surface area contributed by atoms with Crippen LogP contribution in [0.15, 0.2) is 119 Å². The molecule has 0 saturated heterocycles. The predicted molar refractivity (Wildman–Crippen MR) is 152 cm³/mol. The molecule has 0 atom stereocenters. The molecule has 197 valence electrons. The Hall–Kier alpha value is -4.20. The van der Waals surface area contributed by atoms with Crippen molar-refractivity contribution in [2.45, 2.75) is 5.03 Å². The molecule has 4 aromatic carbocycles. The van der Waals surface area contributed by atoms with Crippen LogP contribution in [0.5, 0.6) is 0 Å². The Morgan fingerprint density at radius 1 is 0.725 bits per heavy atom. The number of hydrogen-bond donors (Lipinski definition) is 1. The van der Waals surface area contributed by atoms with E-state index < -0.39 is 10.1 Å². The minimum absolute atomic E-state index is 0. The standard InChI is InChI=1S/C27H14NO.C5H5NO3S.Ir/c1-2-7-18-17(6-1)21-9-5-10-23-27(21)22(18)15-24(28-23)16-12-13-20-19-8-3-4-11-25(19)29-26(20)14-16;7-10(8,9)5-3-1-2-4-6-5;/h1-11,13-15H;1-4H,(H,7,8,9);/q-1;;. The van der Waals surface area contributed by atoms with Crippen LogP contribution in [0.3, 0.4) is 0 Å². The minimum atomic E-state index is -4.11. The number of nitrogens with zero attached hydrogens (tertiary/aromatic N) is 2. The van der Waals surface area contributed by atoms with Crippen LogP contribution in [0.4, 0.5) is 0 Å². The van der Waals surface area contributed by atoms with Gasteiger partial charge in [0.25, 0.3) is 0 Å². The third kappa shape index (κ3) is 4.41. The average Bonchev–Trinajstić information content (AvgIpc) is 3.50.